The predicted octanol–water partition coefficient (Wildman–Crippen LogP) is 5.00. The second-order valence-electron chi connectivity index (χ2n) is 7.37. The maximum atomic E-state index is 13.7. The number of hydrogen-bond donors (Lipinski definition) is 0. The van der Waals surface area contributed by atoms with Gasteiger partial charge in [0.2, 0.25) is 5.78 Å². The zero-order valence-electron chi connectivity index (χ0n) is 17.9. The Hall–Kier alpha value is -4.59. The molecule has 0 N–H and O–H groups in total. The fourth-order valence-corrected chi connectivity index (χ4v) is 3.60. The standard InChI is InChI=1S/C25H19N3O5/c1-16-7-3-4-8-20(16)24(26-33-17(2)29)25(30)22-15-27(23-10-6-5-9-21(22)23)18-11-13-19(14-12-18)28(31)32/h3-15H,1-2H3/b26-24+. The fourth-order valence-electron chi connectivity index (χ4n) is 3.60. The lowest BCUT2D eigenvalue weighted by molar-refractivity contribution is -0.384. The third kappa shape index (κ3) is 4.27. The van der Waals surface area contributed by atoms with Crippen molar-refractivity contribution in [1.82, 2.24) is 4.57 Å². The maximum absolute atomic E-state index is 13.7. The van der Waals surface area contributed by atoms with Crippen molar-refractivity contribution in [3.05, 3.63) is 106 Å². The molecule has 1 heterocycles. The topological polar surface area (TPSA) is 104 Å². The number of aromatic nitrogens is 1. The van der Waals surface area contributed by atoms with E-state index in [9.17, 15) is 19.7 Å². The molecule has 0 saturated carbocycles. The summed E-state index contributed by atoms with van der Waals surface area (Å²) in [6, 6.07) is 20.6. The summed E-state index contributed by atoms with van der Waals surface area (Å²) in [5.74, 6) is -1.05. The second-order valence-corrected chi connectivity index (χ2v) is 7.37. The van der Waals surface area contributed by atoms with Crippen LogP contribution in [0.5, 0.6) is 0 Å². The van der Waals surface area contributed by atoms with Crippen molar-refractivity contribution in [3.63, 3.8) is 0 Å². The molecule has 0 radical (unpaired) electrons. The van der Waals surface area contributed by atoms with Crippen molar-refractivity contribution in [2.45, 2.75) is 13.8 Å². The highest BCUT2D eigenvalue weighted by molar-refractivity contribution is 6.53. The van der Waals surface area contributed by atoms with Gasteiger partial charge in [-0.1, -0.05) is 47.6 Å². The molecule has 0 aliphatic rings. The van der Waals surface area contributed by atoms with E-state index in [1.54, 1.807) is 35.0 Å². The number of Topliss-reactive ketones (excluding diaryl/α,β-unsaturated/α-hetero) is 1. The molecule has 0 aliphatic carbocycles. The summed E-state index contributed by atoms with van der Waals surface area (Å²) in [7, 11) is 0. The number of nitro groups is 1. The molecule has 3 aromatic carbocycles. The van der Waals surface area contributed by atoms with Crippen molar-refractivity contribution in [3.8, 4) is 5.69 Å². The van der Waals surface area contributed by atoms with E-state index < -0.39 is 16.7 Å². The first-order valence-corrected chi connectivity index (χ1v) is 10.1. The van der Waals surface area contributed by atoms with Crippen LogP contribution in [0.4, 0.5) is 5.69 Å². The number of fused-ring (bicyclic) bond motifs is 1. The van der Waals surface area contributed by atoms with Gasteiger partial charge in [0, 0.05) is 41.9 Å². The van der Waals surface area contributed by atoms with Crippen molar-refractivity contribution in [1.29, 1.82) is 0 Å². The first-order valence-electron chi connectivity index (χ1n) is 10.1. The molecule has 33 heavy (non-hydrogen) atoms. The molecule has 8 nitrogen and oxygen atoms in total. The average Bonchev–Trinajstić information content (AvgIpc) is 3.20. The van der Waals surface area contributed by atoms with Gasteiger partial charge in [-0.05, 0) is 30.7 Å². The van der Waals surface area contributed by atoms with E-state index in [-0.39, 0.29) is 11.4 Å². The summed E-state index contributed by atoms with van der Waals surface area (Å²) in [5, 5.41) is 15.6. The summed E-state index contributed by atoms with van der Waals surface area (Å²) in [6.45, 7) is 3.05. The smallest absolute Gasteiger partial charge is 0.318 e. The van der Waals surface area contributed by atoms with Gasteiger partial charge in [0.15, 0.2) is 5.71 Å². The lowest BCUT2D eigenvalue weighted by Gasteiger charge is -2.08. The number of rotatable bonds is 6. The van der Waals surface area contributed by atoms with Crippen molar-refractivity contribution >= 4 is 34.1 Å². The number of benzene rings is 3. The van der Waals surface area contributed by atoms with Gasteiger partial charge >= 0.3 is 5.97 Å². The van der Waals surface area contributed by atoms with E-state index in [1.165, 1.54) is 19.1 Å². The number of carbonyl (C=O) groups is 2. The first kappa shape index (κ1) is 21.6. The molecule has 0 atom stereocenters. The highest BCUT2D eigenvalue weighted by Crippen LogP contribution is 2.27. The zero-order valence-corrected chi connectivity index (χ0v) is 17.9. The molecule has 0 unspecified atom stereocenters. The zero-order chi connectivity index (χ0) is 23.5. The van der Waals surface area contributed by atoms with Crippen LogP contribution in [0.1, 0.15) is 28.4 Å². The fraction of sp³-hybridized carbons (Fsp3) is 0.0800. The van der Waals surface area contributed by atoms with Gasteiger partial charge in [-0.25, -0.2) is 4.79 Å². The number of hydrogen-bond acceptors (Lipinski definition) is 6. The highest BCUT2D eigenvalue weighted by Gasteiger charge is 2.24. The van der Waals surface area contributed by atoms with Gasteiger partial charge in [-0.15, -0.1) is 0 Å². The number of non-ortho nitro benzene ring substituents is 1. The minimum absolute atomic E-state index is 0.00917. The second kappa shape index (κ2) is 8.88. The van der Waals surface area contributed by atoms with E-state index in [2.05, 4.69) is 5.16 Å². The third-order valence-electron chi connectivity index (χ3n) is 5.18. The molecule has 0 saturated heterocycles. The van der Waals surface area contributed by atoms with Gasteiger partial charge in [0.25, 0.3) is 5.69 Å². The van der Waals surface area contributed by atoms with E-state index >= 15 is 0 Å². The van der Waals surface area contributed by atoms with Gasteiger partial charge in [-0.2, -0.15) is 0 Å². The Kier molecular flexibility index (Phi) is 5.82. The molecule has 0 fully saturated rings. The number of para-hydroxylation sites is 1. The van der Waals surface area contributed by atoms with Crippen molar-refractivity contribution in [2.75, 3.05) is 0 Å². The highest BCUT2D eigenvalue weighted by atomic mass is 16.7. The van der Waals surface area contributed by atoms with E-state index in [0.717, 1.165) is 11.1 Å². The van der Waals surface area contributed by atoms with E-state index in [4.69, 9.17) is 4.84 Å². The van der Waals surface area contributed by atoms with Gasteiger partial charge in [-0.3, -0.25) is 14.9 Å². The van der Waals surface area contributed by atoms with Crippen LogP contribution >= 0.6 is 0 Å². The number of nitro benzene ring substituents is 1. The molecule has 4 rings (SSSR count). The Bertz CT molecular complexity index is 1420. The molecule has 1 aromatic heterocycles. The van der Waals surface area contributed by atoms with Crippen LogP contribution in [0, 0.1) is 17.0 Å². The number of oxime groups is 1. The number of aryl methyl sites for hydroxylation is 1. The minimum atomic E-state index is -0.637. The van der Waals surface area contributed by atoms with Crippen LogP contribution in [-0.2, 0) is 9.63 Å². The van der Waals surface area contributed by atoms with Crippen LogP contribution in [0.3, 0.4) is 0 Å². The Balaban J connectivity index is 1.87. The summed E-state index contributed by atoms with van der Waals surface area (Å²) in [5.41, 5.74) is 3.10. The number of carbonyl (C=O) groups excluding carboxylic acids is 2. The quantitative estimate of drug-likeness (QED) is 0.138. The molecular weight excluding hydrogens is 422 g/mol. The lowest BCUT2D eigenvalue weighted by Crippen LogP contribution is -2.18. The van der Waals surface area contributed by atoms with Crippen LogP contribution < -0.4 is 0 Å². The summed E-state index contributed by atoms with van der Waals surface area (Å²) >= 11 is 0. The predicted molar refractivity (Wildman–Crippen MR) is 124 cm³/mol. The van der Waals surface area contributed by atoms with Gasteiger partial charge < -0.3 is 9.40 Å². The third-order valence-corrected chi connectivity index (χ3v) is 5.18. The SMILES string of the molecule is CC(=O)O/N=C(/C(=O)c1cn(-c2ccc([N+](=O)[O-])cc2)c2ccccc12)c1ccccc1C. The molecule has 0 amide bonds. The molecule has 4 aromatic rings. The summed E-state index contributed by atoms with van der Waals surface area (Å²) in [6.07, 6.45) is 1.66. The molecular formula is C25H19N3O5. The minimum Gasteiger partial charge on any atom is -0.318 e. The first-order chi connectivity index (χ1) is 15.9. The van der Waals surface area contributed by atoms with Crippen molar-refractivity contribution in [2.24, 2.45) is 5.16 Å². The summed E-state index contributed by atoms with van der Waals surface area (Å²) < 4.78 is 1.79. The molecule has 8 heteroatoms. The molecule has 0 bridgehead atoms. The summed E-state index contributed by atoms with van der Waals surface area (Å²) in [4.78, 5) is 40.5. The normalized spacial score (nSPS) is 11.4. The van der Waals surface area contributed by atoms with E-state index in [0.29, 0.717) is 22.2 Å². The average molecular weight is 441 g/mol. The Morgan fingerprint density at radius 3 is 2.27 bits per heavy atom. The maximum Gasteiger partial charge on any atom is 0.332 e. The van der Waals surface area contributed by atoms with Crippen LogP contribution in [-0.4, -0.2) is 27.0 Å². The van der Waals surface area contributed by atoms with Crippen LogP contribution in [0.25, 0.3) is 16.6 Å². The van der Waals surface area contributed by atoms with Crippen LogP contribution in [0.2, 0.25) is 0 Å². The lowest BCUT2D eigenvalue weighted by atomic mass is 9.97. The Morgan fingerprint density at radius 1 is 0.939 bits per heavy atom. The van der Waals surface area contributed by atoms with Gasteiger partial charge in [0.05, 0.1) is 16.0 Å². The Morgan fingerprint density at radius 2 is 1.61 bits per heavy atom. The number of ketones is 1. The van der Waals surface area contributed by atoms with E-state index in [1.807, 2.05) is 43.3 Å². The van der Waals surface area contributed by atoms with Crippen molar-refractivity contribution < 1.29 is 19.3 Å². The monoisotopic (exact) mass is 441 g/mol. The largest absolute Gasteiger partial charge is 0.332 e. The van der Waals surface area contributed by atoms with Gasteiger partial charge in [0.1, 0.15) is 0 Å². The molecule has 0 aliphatic heterocycles. The number of nitrogens with zero attached hydrogens (tertiary/aromatic N) is 3. The molecule has 164 valence electrons. The molecule has 0 spiro atoms. The van der Waals surface area contributed by atoms with Crippen LogP contribution in [0.15, 0.2) is 84.1 Å². The Labute approximate surface area is 188 Å².